The SMILES string of the molecule is CN=C(NCCCNS(C)(=O)=O)NC(C)c1ccc(C)c(F)c1. The molecule has 0 spiro atoms. The van der Waals surface area contributed by atoms with E-state index in [0.29, 0.717) is 31.0 Å². The Hall–Kier alpha value is -1.67. The van der Waals surface area contributed by atoms with Gasteiger partial charge in [0.1, 0.15) is 5.82 Å². The highest BCUT2D eigenvalue weighted by atomic mass is 32.2. The van der Waals surface area contributed by atoms with Gasteiger partial charge in [-0.1, -0.05) is 12.1 Å². The maximum absolute atomic E-state index is 13.6. The van der Waals surface area contributed by atoms with Crippen molar-refractivity contribution in [3.8, 4) is 0 Å². The van der Waals surface area contributed by atoms with Crippen molar-refractivity contribution < 1.29 is 12.8 Å². The van der Waals surface area contributed by atoms with Crippen molar-refractivity contribution in [3.05, 3.63) is 35.1 Å². The van der Waals surface area contributed by atoms with Crippen LogP contribution in [0.25, 0.3) is 0 Å². The van der Waals surface area contributed by atoms with E-state index in [4.69, 9.17) is 0 Å². The molecule has 0 heterocycles. The van der Waals surface area contributed by atoms with Crippen molar-refractivity contribution in [3.63, 3.8) is 0 Å². The van der Waals surface area contributed by atoms with Crippen LogP contribution in [-0.4, -0.2) is 40.8 Å². The zero-order valence-electron chi connectivity index (χ0n) is 14.0. The number of sulfonamides is 1. The van der Waals surface area contributed by atoms with Crippen LogP contribution in [0.15, 0.2) is 23.2 Å². The molecular formula is C15H25FN4O2S. The highest BCUT2D eigenvalue weighted by molar-refractivity contribution is 7.88. The second-order valence-corrected chi connectivity index (χ2v) is 7.23. The summed E-state index contributed by atoms with van der Waals surface area (Å²) in [4.78, 5) is 4.10. The summed E-state index contributed by atoms with van der Waals surface area (Å²) in [5.41, 5.74) is 1.44. The molecule has 1 unspecified atom stereocenters. The summed E-state index contributed by atoms with van der Waals surface area (Å²) < 4.78 is 37.9. The fourth-order valence-electron chi connectivity index (χ4n) is 1.91. The van der Waals surface area contributed by atoms with Crippen LogP contribution in [0.5, 0.6) is 0 Å². The average molecular weight is 344 g/mol. The summed E-state index contributed by atoms with van der Waals surface area (Å²) >= 11 is 0. The molecule has 23 heavy (non-hydrogen) atoms. The minimum absolute atomic E-state index is 0.106. The van der Waals surface area contributed by atoms with Gasteiger partial charge in [-0.15, -0.1) is 0 Å². The Morgan fingerprint density at radius 2 is 2.04 bits per heavy atom. The first-order chi connectivity index (χ1) is 10.7. The van der Waals surface area contributed by atoms with Gasteiger partial charge in [-0.2, -0.15) is 0 Å². The second-order valence-electron chi connectivity index (χ2n) is 5.39. The van der Waals surface area contributed by atoms with Gasteiger partial charge in [-0.3, -0.25) is 4.99 Å². The predicted molar refractivity (Wildman–Crippen MR) is 91.5 cm³/mol. The molecule has 0 bridgehead atoms. The molecule has 0 aliphatic carbocycles. The molecule has 8 heteroatoms. The highest BCUT2D eigenvalue weighted by Gasteiger charge is 2.09. The molecule has 0 radical (unpaired) electrons. The smallest absolute Gasteiger partial charge is 0.208 e. The first-order valence-corrected chi connectivity index (χ1v) is 9.30. The van der Waals surface area contributed by atoms with Gasteiger partial charge in [-0.25, -0.2) is 17.5 Å². The van der Waals surface area contributed by atoms with Crippen molar-refractivity contribution in [1.29, 1.82) is 0 Å². The molecule has 6 nitrogen and oxygen atoms in total. The molecule has 1 atom stereocenters. The predicted octanol–water partition coefficient (Wildman–Crippen LogP) is 1.30. The Labute approximate surface area is 137 Å². The molecule has 0 fully saturated rings. The van der Waals surface area contributed by atoms with E-state index in [1.165, 1.54) is 6.07 Å². The number of hydrogen-bond acceptors (Lipinski definition) is 3. The lowest BCUT2D eigenvalue weighted by Crippen LogP contribution is -2.40. The summed E-state index contributed by atoms with van der Waals surface area (Å²) in [5, 5.41) is 6.26. The van der Waals surface area contributed by atoms with Crippen molar-refractivity contribution in [2.24, 2.45) is 4.99 Å². The molecular weight excluding hydrogens is 319 g/mol. The topological polar surface area (TPSA) is 82.6 Å². The molecule has 0 saturated heterocycles. The van der Waals surface area contributed by atoms with Crippen LogP contribution >= 0.6 is 0 Å². The van der Waals surface area contributed by atoms with Crippen LogP contribution in [-0.2, 0) is 10.0 Å². The summed E-state index contributed by atoms with van der Waals surface area (Å²) in [7, 11) is -1.51. The van der Waals surface area contributed by atoms with E-state index < -0.39 is 10.0 Å². The number of aryl methyl sites for hydroxylation is 1. The van der Waals surface area contributed by atoms with E-state index in [1.54, 1.807) is 20.0 Å². The van der Waals surface area contributed by atoms with Crippen LogP contribution in [0, 0.1) is 12.7 Å². The molecule has 1 rings (SSSR count). The monoisotopic (exact) mass is 344 g/mol. The fourth-order valence-corrected chi connectivity index (χ4v) is 2.43. The number of benzene rings is 1. The van der Waals surface area contributed by atoms with Crippen molar-refractivity contribution in [2.45, 2.75) is 26.3 Å². The minimum atomic E-state index is -3.15. The Morgan fingerprint density at radius 1 is 1.35 bits per heavy atom. The molecule has 1 aromatic carbocycles. The Bertz CT molecular complexity index is 647. The van der Waals surface area contributed by atoms with Crippen molar-refractivity contribution in [2.75, 3.05) is 26.4 Å². The molecule has 0 amide bonds. The maximum atomic E-state index is 13.6. The quantitative estimate of drug-likeness (QED) is 0.396. The molecule has 1 aromatic rings. The lowest BCUT2D eigenvalue weighted by atomic mass is 10.1. The van der Waals surface area contributed by atoms with E-state index in [1.807, 2.05) is 13.0 Å². The highest BCUT2D eigenvalue weighted by Crippen LogP contribution is 2.16. The molecule has 0 saturated carbocycles. The number of hydrogen-bond donors (Lipinski definition) is 3. The van der Waals surface area contributed by atoms with Gasteiger partial charge in [0.05, 0.1) is 12.3 Å². The third-order valence-corrected chi connectivity index (χ3v) is 4.01. The Morgan fingerprint density at radius 3 is 2.61 bits per heavy atom. The normalized spacial score (nSPS) is 13.7. The van der Waals surface area contributed by atoms with Gasteiger partial charge in [-0.05, 0) is 37.5 Å². The zero-order valence-corrected chi connectivity index (χ0v) is 14.8. The Kier molecular flexibility index (Phi) is 7.44. The van der Waals surface area contributed by atoms with Crippen molar-refractivity contribution in [1.82, 2.24) is 15.4 Å². The van der Waals surface area contributed by atoms with E-state index in [9.17, 15) is 12.8 Å². The van der Waals surface area contributed by atoms with Crippen molar-refractivity contribution >= 4 is 16.0 Å². The minimum Gasteiger partial charge on any atom is -0.356 e. The number of nitrogens with one attached hydrogen (secondary N) is 3. The van der Waals surface area contributed by atoms with Gasteiger partial charge in [0.15, 0.2) is 5.96 Å². The second kappa shape index (κ2) is 8.83. The molecule has 0 aromatic heterocycles. The number of aliphatic imine (C=N–C) groups is 1. The van der Waals surface area contributed by atoms with Gasteiger partial charge >= 0.3 is 0 Å². The molecule has 0 aliphatic rings. The van der Waals surface area contributed by atoms with Gasteiger partial charge < -0.3 is 10.6 Å². The third-order valence-electron chi connectivity index (χ3n) is 3.28. The van der Waals surface area contributed by atoms with E-state index in [2.05, 4.69) is 20.3 Å². The van der Waals surface area contributed by atoms with Crippen LogP contribution < -0.4 is 15.4 Å². The summed E-state index contributed by atoms with van der Waals surface area (Å²) in [6.45, 7) is 4.57. The number of halogens is 1. The maximum Gasteiger partial charge on any atom is 0.208 e. The van der Waals surface area contributed by atoms with Gasteiger partial charge in [0.25, 0.3) is 0 Å². The van der Waals surface area contributed by atoms with Gasteiger partial charge in [0, 0.05) is 20.1 Å². The fraction of sp³-hybridized carbons (Fsp3) is 0.533. The number of nitrogens with zero attached hydrogens (tertiary/aromatic N) is 1. The average Bonchev–Trinajstić information content (AvgIpc) is 2.47. The zero-order chi connectivity index (χ0) is 17.5. The number of rotatable bonds is 7. The lowest BCUT2D eigenvalue weighted by Gasteiger charge is -2.18. The summed E-state index contributed by atoms with van der Waals surface area (Å²) in [6.07, 6.45) is 1.75. The Balaban J connectivity index is 2.45. The molecule has 130 valence electrons. The van der Waals surface area contributed by atoms with Crippen LogP contribution in [0.3, 0.4) is 0 Å². The first kappa shape index (κ1) is 19.4. The summed E-state index contributed by atoms with van der Waals surface area (Å²) in [5.74, 6) is 0.351. The standard InChI is InChI=1S/C15H25FN4O2S/c1-11-6-7-13(10-14(11)16)12(2)20-15(17-3)18-8-5-9-19-23(4,21)22/h6-7,10,12,19H,5,8-9H2,1-4H3,(H2,17,18,20). The van der Waals surface area contributed by atoms with Crippen LogP contribution in [0.1, 0.15) is 30.5 Å². The van der Waals surface area contributed by atoms with Crippen LogP contribution in [0.2, 0.25) is 0 Å². The van der Waals surface area contributed by atoms with E-state index in [-0.39, 0.29) is 11.9 Å². The van der Waals surface area contributed by atoms with E-state index in [0.717, 1.165) is 11.8 Å². The van der Waals surface area contributed by atoms with Crippen LogP contribution in [0.4, 0.5) is 4.39 Å². The molecule has 3 N–H and O–H groups in total. The summed E-state index contributed by atoms with van der Waals surface area (Å²) in [6, 6.07) is 5.02. The number of guanidine groups is 1. The largest absolute Gasteiger partial charge is 0.356 e. The lowest BCUT2D eigenvalue weighted by molar-refractivity contribution is 0.583. The van der Waals surface area contributed by atoms with Gasteiger partial charge in [0.2, 0.25) is 10.0 Å². The molecule has 0 aliphatic heterocycles. The first-order valence-electron chi connectivity index (χ1n) is 7.41. The van der Waals surface area contributed by atoms with E-state index >= 15 is 0 Å². The third kappa shape index (κ3) is 7.43.